The van der Waals surface area contributed by atoms with Gasteiger partial charge in [-0.2, -0.15) is 0 Å². The average molecular weight is 311 g/mol. The van der Waals surface area contributed by atoms with Crippen LogP contribution in [0.2, 0.25) is 5.02 Å². The van der Waals surface area contributed by atoms with Crippen LogP contribution >= 0.6 is 22.9 Å². The van der Waals surface area contributed by atoms with Gasteiger partial charge in [0.1, 0.15) is 5.82 Å². The molecule has 106 valence electrons. The van der Waals surface area contributed by atoms with Crippen LogP contribution in [0.1, 0.15) is 39.9 Å². The third kappa shape index (κ3) is 3.03. The summed E-state index contributed by atoms with van der Waals surface area (Å²) in [6, 6.07) is 4.56. The van der Waals surface area contributed by atoms with Gasteiger partial charge in [0.25, 0.3) is 0 Å². The average Bonchev–Trinajstić information content (AvgIpc) is 3.17. The second-order valence-electron chi connectivity index (χ2n) is 5.13. The summed E-state index contributed by atoms with van der Waals surface area (Å²) < 4.78 is 13.1. The molecule has 0 radical (unpaired) electrons. The Labute approximate surface area is 127 Å². The van der Waals surface area contributed by atoms with Crippen LogP contribution in [0.4, 0.5) is 4.39 Å². The molecule has 1 aromatic heterocycles. The predicted molar refractivity (Wildman–Crippen MR) is 81.1 cm³/mol. The van der Waals surface area contributed by atoms with Crippen molar-refractivity contribution in [3.05, 3.63) is 50.2 Å². The molecule has 1 N–H and O–H groups in total. The maximum atomic E-state index is 13.1. The summed E-state index contributed by atoms with van der Waals surface area (Å²) in [4.78, 5) is 6.10. The Morgan fingerprint density at radius 2 is 2.25 bits per heavy atom. The van der Waals surface area contributed by atoms with Crippen LogP contribution < -0.4 is 5.32 Å². The van der Waals surface area contributed by atoms with E-state index in [0.29, 0.717) is 17.4 Å². The fourth-order valence-electron chi connectivity index (χ4n) is 2.28. The number of hydrogen-bond acceptors (Lipinski definition) is 3. The summed E-state index contributed by atoms with van der Waals surface area (Å²) >= 11 is 7.82. The molecule has 1 heterocycles. The second-order valence-corrected chi connectivity index (χ2v) is 6.71. The largest absolute Gasteiger partial charge is 0.315 e. The van der Waals surface area contributed by atoms with E-state index in [9.17, 15) is 4.39 Å². The molecule has 1 aromatic carbocycles. The van der Waals surface area contributed by atoms with Gasteiger partial charge < -0.3 is 5.32 Å². The lowest BCUT2D eigenvalue weighted by molar-refractivity contribution is 0.627. The summed E-state index contributed by atoms with van der Waals surface area (Å²) in [6.07, 6.45) is 3.17. The number of hydrogen-bond donors (Lipinski definition) is 1. The van der Waals surface area contributed by atoms with Crippen molar-refractivity contribution in [3.63, 3.8) is 0 Å². The molecule has 2 aromatic rings. The second kappa shape index (κ2) is 5.80. The lowest BCUT2D eigenvalue weighted by Gasteiger charge is -2.01. The molecular weight excluding hydrogens is 295 g/mol. The maximum absolute atomic E-state index is 13.1. The van der Waals surface area contributed by atoms with Gasteiger partial charge in [-0.15, -0.1) is 11.3 Å². The Kier molecular flexibility index (Phi) is 4.06. The van der Waals surface area contributed by atoms with Crippen LogP contribution in [0, 0.1) is 5.82 Å². The molecule has 0 saturated heterocycles. The van der Waals surface area contributed by atoms with Gasteiger partial charge in [-0.05, 0) is 37.6 Å². The standard InChI is InChI=1S/C15H16ClFN2S/c1-18-8-13-15(9-2-3-9)19-14(20-13)6-10-4-5-11(17)7-12(10)16/h4-5,7,9,18H,2-3,6,8H2,1H3. The third-order valence-electron chi connectivity index (χ3n) is 3.43. The van der Waals surface area contributed by atoms with Gasteiger partial charge in [-0.25, -0.2) is 9.37 Å². The number of rotatable bonds is 5. The molecule has 3 rings (SSSR count). The molecule has 20 heavy (non-hydrogen) atoms. The molecule has 0 aliphatic heterocycles. The molecule has 0 amide bonds. The van der Waals surface area contributed by atoms with Crippen molar-refractivity contribution in [1.29, 1.82) is 0 Å². The molecule has 0 atom stereocenters. The minimum atomic E-state index is -0.299. The highest BCUT2D eigenvalue weighted by atomic mass is 35.5. The first-order chi connectivity index (χ1) is 9.67. The van der Waals surface area contributed by atoms with E-state index >= 15 is 0 Å². The molecule has 2 nitrogen and oxygen atoms in total. The minimum Gasteiger partial charge on any atom is -0.315 e. The Morgan fingerprint density at radius 3 is 2.90 bits per heavy atom. The molecule has 0 unspecified atom stereocenters. The maximum Gasteiger partial charge on any atom is 0.124 e. The number of nitrogens with zero attached hydrogens (tertiary/aromatic N) is 1. The smallest absolute Gasteiger partial charge is 0.124 e. The van der Waals surface area contributed by atoms with Crippen LogP contribution in [0.5, 0.6) is 0 Å². The molecule has 1 fully saturated rings. The van der Waals surface area contributed by atoms with E-state index in [1.807, 2.05) is 7.05 Å². The van der Waals surface area contributed by atoms with Crippen LogP contribution in [0.25, 0.3) is 0 Å². The Morgan fingerprint density at radius 1 is 1.45 bits per heavy atom. The molecule has 0 bridgehead atoms. The monoisotopic (exact) mass is 310 g/mol. The number of halogens is 2. The van der Waals surface area contributed by atoms with Crippen molar-refractivity contribution in [2.24, 2.45) is 0 Å². The van der Waals surface area contributed by atoms with Gasteiger partial charge in [0.05, 0.1) is 10.7 Å². The van der Waals surface area contributed by atoms with Crippen LogP contribution in [0.15, 0.2) is 18.2 Å². The van der Waals surface area contributed by atoms with Crippen molar-refractivity contribution < 1.29 is 4.39 Å². The molecule has 1 saturated carbocycles. The zero-order valence-corrected chi connectivity index (χ0v) is 12.8. The number of thiazole rings is 1. The molecule has 5 heteroatoms. The lowest BCUT2D eigenvalue weighted by atomic mass is 10.1. The molecular formula is C15H16ClFN2S. The van der Waals surface area contributed by atoms with E-state index in [1.165, 1.54) is 35.5 Å². The fourth-order valence-corrected chi connectivity index (χ4v) is 3.70. The van der Waals surface area contributed by atoms with Crippen molar-refractivity contribution in [2.45, 2.75) is 31.7 Å². The van der Waals surface area contributed by atoms with Gasteiger partial charge in [0, 0.05) is 28.8 Å². The highest BCUT2D eigenvalue weighted by molar-refractivity contribution is 7.11. The quantitative estimate of drug-likeness (QED) is 0.898. The van der Waals surface area contributed by atoms with E-state index in [0.717, 1.165) is 17.1 Å². The zero-order valence-electron chi connectivity index (χ0n) is 11.2. The van der Waals surface area contributed by atoms with E-state index in [2.05, 4.69) is 5.32 Å². The number of nitrogens with one attached hydrogen (secondary N) is 1. The molecule has 0 spiro atoms. The Hall–Kier alpha value is -0.970. The van der Waals surface area contributed by atoms with Crippen LogP contribution in [-0.2, 0) is 13.0 Å². The summed E-state index contributed by atoms with van der Waals surface area (Å²) in [5.74, 6) is 0.347. The van der Waals surface area contributed by atoms with E-state index in [4.69, 9.17) is 16.6 Å². The Bertz CT molecular complexity index is 622. The van der Waals surface area contributed by atoms with Crippen LogP contribution in [0.3, 0.4) is 0 Å². The van der Waals surface area contributed by atoms with E-state index in [-0.39, 0.29) is 5.82 Å². The summed E-state index contributed by atoms with van der Waals surface area (Å²) in [5.41, 5.74) is 2.18. The highest BCUT2D eigenvalue weighted by Gasteiger charge is 2.29. The van der Waals surface area contributed by atoms with Crippen molar-refractivity contribution >= 4 is 22.9 Å². The molecule has 1 aliphatic carbocycles. The van der Waals surface area contributed by atoms with Gasteiger partial charge in [-0.1, -0.05) is 17.7 Å². The van der Waals surface area contributed by atoms with Gasteiger partial charge in [0.2, 0.25) is 0 Å². The van der Waals surface area contributed by atoms with E-state index < -0.39 is 0 Å². The van der Waals surface area contributed by atoms with Gasteiger partial charge >= 0.3 is 0 Å². The van der Waals surface area contributed by atoms with Crippen LogP contribution in [-0.4, -0.2) is 12.0 Å². The van der Waals surface area contributed by atoms with Crippen molar-refractivity contribution in [1.82, 2.24) is 10.3 Å². The minimum absolute atomic E-state index is 0.299. The van der Waals surface area contributed by atoms with E-state index in [1.54, 1.807) is 17.4 Å². The first kappa shape index (κ1) is 14.0. The summed E-state index contributed by atoms with van der Waals surface area (Å²) in [6.45, 7) is 0.862. The highest BCUT2D eigenvalue weighted by Crippen LogP contribution is 2.43. The van der Waals surface area contributed by atoms with Gasteiger partial charge in [-0.3, -0.25) is 0 Å². The predicted octanol–water partition coefficient (Wildman–Crippen LogP) is 4.12. The SMILES string of the molecule is CNCc1sc(Cc2ccc(F)cc2Cl)nc1C1CC1. The topological polar surface area (TPSA) is 24.9 Å². The summed E-state index contributed by atoms with van der Waals surface area (Å²) in [5, 5.41) is 4.73. The summed E-state index contributed by atoms with van der Waals surface area (Å²) in [7, 11) is 1.95. The van der Waals surface area contributed by atoms with Crippen molar-refractivity contribution in [3.8, 4) is 0 Å². The third-order valence-corrected chi connectivity index (χ3v) is 4.85. The first-order valence-electron chi connectivity index (χ1n) is 6.74. The molecule has 1 aliphatic rings. The zero-order chi connectivity index (χ0) is 14.1. The number of aromatic nitrogens is 1. The van der Waals surface area contributed by atoms with Crippen molar-refractivity contribution in [2.75, 3.05) is 7.05 Å². The lowest BCUT2D eigenvalue weighted by Crippen LogP contribution is -2.05. The fraction of sp³-hybridized carbons (Fsp3) is 0.400. The normalized spacial score (nSPS) is 14.8. The number of benzene rings is 1. The van der Waals surface area contributed by atoms with Gasteiger partial charge in [0.15, 0.2) is 0 Å². The first-order valence-corrected chi connectivity index (χ1v) is 7.94. The Balaban J connectivity index is 1.84.